The number of rotatable bonds is 8. The van der Waals surface area contributed by atoms with Crippen LogP contribution in [0.4, 0.5) is 0 Å². The van der Waals surface area contributed by atoms with Crippen molar-refractivity contribution in [2.45, 2.75) is 58.5 Å². The molecule has 4 heteroatoms. The maximum absolute atomic E-state index is 11.1. The molecule has 0 atom stereocenters. The summed E-state index contributed by atoms with van der Waals surface area (Å²) in [5, 5.41) is 12.4. The molecule has 0 aromatic heterocycles. The van der Waals surface area contributed by atoms with Crippen molar-refractivity contribution in [2.24, 2.45) is 5.92 Å². The van der Waals surface area contributed by atoms with E-state index in [1.807, 2.05) is 0 Å². The molecule has 1 rings (SSSR count). The lowest BCUT2D eigenvalue weighted by Crippen LogP contribution is -2.71. The number of carboxylic acid groups (broad SMARTS) is 1. The first-order chi connectivity index (χ1) is 8.45. The van der Waals surface area contributed by atoms with E-state index in [1.165, 1.54) is 0 Å². The first-order valence-corrected chi connectivity index (χ1v) is 7.14. The molecule has 1 saturated heterocycles. The van der Waals surface area contributed by atoms with Crippen LogP contribution in [0.2, 0.25) is 0 Å². The number of hydrogen-bond acceptors (Lipinski definition) is 3. The van der Waals surface area contributed by atoms with Gasteiger partial charge in [-0.25, -0.2) is 0 Å². The third kappa shape index (κ3) is 3.45. The van der Waals surface area contributed by atoms with Crippen LogP contribution in [0.15, 0.2) is 0 Å². The summed E-state index contributed by atoms with van der Waals surface area (Å²) in [5.74, 6) is -0.118. The van der Waals surface area contributed by atoms with Crippen LogP contribution in [0.5, 0.6) is 0 Å². The summed E-state index contributed by atoms with van der Waals surface area (Å²) in [6.07, 6.45) is 2.43. The van der Waals surface area contributed by atoms with Gasteiger partial charge in [0.2, 0.25) is 0 Å². The molecular weight excluding hydrogens is 228 g/mol. The van der Waals surface area contributed by atoms with Crippen LogP contribution in [0, 0.1) is 5.92 Å². The Labute approximate surface area is 111 Å². The SMILES string of the molecule is CCC(CC)N(CC(C)C)C1(CC(=O)O)CNC1. The van der Waals surface area contributed by atoms with Crippen molar-refractivity contribution in [1.82, 2.24) is 10.2 Å². The largest absolute Gasteiger partial charge is 0.481 e. The van der Waals surface area contributed by atoms with Gasteiger partial charge in [0.15, 0.2) is 0 Å². The Morgan fingerprint density at radius 3 is 2.17 bits per heavy atom. The van der Waals surface area contributed by atoms with E-state index in [9.17, 15) is 4.79 Å². The highest BCUT2D eigenvalue weighted by atomic mass is 16.4. The zero-order valence-corrected chi connectivity index (χ0v) is 12.2. The van der Waals surface area contributed by atoms with E-state index in [4.69, 9.17) is 5.11 Å². The van der Waals surface area contributed by atoms with E-state index >= 15 is 0 Å². The average Bonchev–Trinajstić information content (AvgIpc) is 2.23. The van der Waals surface area contributed by atoms with E-state index in [2.05, 4.69) is 37.9 Å². The van der Waals surface area contributed by atoms with Crippen molar-refractivity contribution in [3.05, 3.63) is 0 Å². The second-order valence-electron chi connectivity index (χ2n) is 5.91. The second kappa shape index (κ2) is 6.53. The minimum atomic E-state index is -0.684. The van der Waals surface area contributed by atoms with Gasteiger partial charge in [0.1, 0.15) is 0 Å². The van der Waals surface area contributed by atoms with Crippen LogP contribution in [0.3, 0.4) is 0 Å². The molecule has 1 aliphatic rings. The van der Waals surface area contributed by atoms with Gasteiger partial charge in [0.25, 0.3) is 0 Å². The number of carboxylic acids is 1. The third-order valence-corrected chi connectivity index (χ3v) is 3.94. The molecule has 1 aliphatic heterocycles. The van der Waals surface area contributed by atoms with Crippen LogP contribution in [-0.2, 0) is 4.79 Å². The highest BCUT2D eigenvalue weighted by Crippen LogP contribution is 2.30. The van der Waals surface area contributed by atoms with Gasteiger partial charge in [-0.2, -0.15) is 0 Å². The lowest BCUT2D eigenvalue weighted by atomic mass is 9.83. The van der Waals surface area contributed by atoms with Crippen molar-refractivity contribution in [1.29, 1.82) is 0 Å². The topological polar surface area (TPSA) is 52.6 Å². The van der Waals surface area contributed by atoms with Gasteiger partial charge >= 0.3 is 5.97 Å². The van der Waals surface area contributed by atoms with Crippen LogP contribution < -0.4 is 5.32 Å². The molecule has 0 aromatic carbocycles. The fourth-order valence-electron chi connectivity index (χ4n) is 2.98. The second-order valence-corrected chi connectivity index (χ2v) is 5.91. The fraction of sp³-hybridized carbons (Fsp3) is 0.929. The molecule has 0 unspecified atom stereocenters. The van der Waals surface area contributed by atoms with Crippen LogP contribution in [0.25, 0.3) is 0 Å². The summed E-state index contributed by atoms with van der Waals surface area (Å²) in [7, 11) is 0. The Balaban J connectivity index is 2.87. The van der Waals surface area contributed by atoms with E-state index < -0.39 is 5.97 Å². The van der Waals surface area contributed by atoms with Gasteiger partial charge in [0, 0.05) is 25.7 Å². The number of nitrogens with one attached hydrogen (secondary N) is 1. The van der Waals surface area contributed by atoms with E-state index in [-0.39, 0.29) is 12.0 Å². The van der Waals surface area contributed by atoms with E-state index in [0.29, 0.717) is 12.0 Å². The molecule has 0 bridgehead atoms. The van der Waals surface area contributed by atoms with Crippen molar-refractivity contribution >= 4 is 5.97 Å². The predicted octanol–water partition coefficient (Wildman–Crippen LogP) is 1.95. The highest BCUT2D eigenvalue weighted by Gasteiger charge is 2.46. The first kappa shape index (κ1) is 15.4. The van der Waals surface area contributed by atoms with Crippen LogP contribution >= 0.6 is 0 Å². The Hall–Kier alpha value is -0.610. The smallest absolute Gasteiger partial charge is 0.305 e. The van der Waals surface area contributed by atoms with Gasteiger partial charge in [-0.05, 0) is 18.8 Å². The molecule has 1 fully saturated rings. The van der Waals surface area contributed by atoms with Crippen molar-refractivity contribution in [3.8, 4) is 0 Å². The Kier molecular flexibility index (Phi) is 5.60. The molecular formula is C14H28N2O2. The molecule has 0 saturated carbocycles. The minimum absolute atomic E-state index is 0.160. The summed E-state index contributed by atoms with van der Waals surface area (Å²) in [6, 6.07) is 0.494. The number of aliphatic carboxylic acids is 1. The number of carbonyl (C=O) groups is 1. The summed E-state index contributed by atoms with van der Waals surface area (Å²) in [5.41, 5.74) is -0.160. The lowest BCUT2D eigenvalue weighted by molar-refractivity contribution is -0.143. The number of hydrogen-bond donors (Lipinski definition) is 2. The number of nitrogens with zero attached hydrogens (tertiary/aromatic N) is 1. The van der Waals surface area contributed by atoms with Gasteiger partial charge in [-0.3, -0.25) is 9.69 Å². The first-order valence-electron chi connectivity index (χ1n) is 7.14. The van der Waals surface area contributed by atoms with E-state index in [0.717, 1.165) is 32.5 Å². The summed E-state index contributed by atoms with van der Waals surface area (Å²) in [6.45, 7) is 11.4. The van der Waals surface area contributed by atoms with Crippen LogP contribution in [-0.4, -0.2) is 47.2 Å². The minimum Gasteiger partial charge on any atom is -0.481 e. The van der Waals surface area contributed by atoms with Crippen LogP contribution in [0.1, 0.15) is 47.0 Å². The predicted molar refractivity (Wildman–Crippen MR) is 73.8 cm³/mol. The standard InChI is InChI=1S/C14H28N2O2/c1-5-12(6-2)16(8-11(3)4)14(7-13(17)18)9-15-10-14/h11-12,15H,5-10H2,1-4H3,(H,17,18). The fourth-order valence-corrected chi connectivity index (χ4v) is 2.98. The Bertz CT molecular complexity index is 271. The quantitative estimate of drug-likeness (QED) is 0.697. The summed E-state index contributed by atoms with van der Waals surface area (Å²) in [4.78, 5) is 13.6. The third-order valence-electron chi connectivity index (χ3n) is 3.94. The molecule has 0 amide bonds. The molecule has 106 valence electrons. The molecule has 0 radical (unpaired) electrons. The van der Waals surface area contributed by atoms with Crippen molar-refractivity contribution in [2.75, 3.05) is 19.6 Å². The van der Waals surface area contributed by atoms with Gasteiger partial charge < -0.3 is 10.4 Å². The average molecular weight is 256 g/mol. The van der Waals surface area contributed by atoms with Crippen molar-refractivity contribution < 1.29 is 9.90 Å². The van der Waals surface area contributed by atoms with E-state index in [1.54, 1.807) is 0 Å². The van der Waals surface area contributed by atoms with Gasteiger partial charge in [0.05, 0.1) is 12.0 Å². The lowest BCUT2D eigenvalue weighted by Gasteiger charge is -2.53. The van der Waals surface area contributed by atoms with Gasteiger partial charge in [-0.1, -0.05) is 27.7 Å². The summed E-state index contributed by atoms with van der Waals surface area (Å²) >= 11 is 0. The molecule has 0 spiro atoms. The summed E-state index contributed by atoms with van der Waals surface area (Å²) < 4.78 is 0. The maximum atomic E-state index is 11.1. The monoisotopic (exact) mass is 256 g/mol. The zero-order valence-electron chi connectivity index (χ0n) is 12.2. The molecule has 0 aliphatic carbocycles. The van der Waals surface area contributed by atoms with Crippen molar-refractivity contribution in [3.63, 3.8) is 0 Å². The zero-order chi connectivity index (χ0) is 13.8. The highest BCUT2D eigenvalue weighted by molar-refractivity contribution is 5.69. The Morgan fingerprint density at radius 2 is 1.89 bits per heavy atom. The van der Waals surface area contributed by atoms with Gasteiger partial charge in [-0.15, -0.1) is 0 Å². The molecule has 2 N–H and O–H groups in total. The molecule has 1 heterocycles. The molecule has 18 heavy (non-hydrogen) atoms. The maximum Gasteiger partial charge on any atom is 0.305 e. The normalized spacial score (nSPS) is 18.4. The molecule has 0 aromatic rings. The molecule has 4 nitrogen and oxygen atoms in total. The Morgan fingerprint density at radius 1 is 1.33 bits per heavy atom.